The zero-order chi connectivity index (χ0) is 21.8. The normalized spacial score (nSPS) is 12.5. The van der Waals surface area contributed by atoms with E-state index in [2.05, 4.69) is 49.1 Å². The quantitative estimate of drug-likeness (QED) is 0.431. The van der Waals surface area contributed by atoms with Crippen LogP contribution in [0.5, 0.6) is 0 Å². The molecule has 0 unspecified atom stereocenters. The summed E-state index contributed by atoms with van der Waals surface area (Å²) in [5.41, 5.74) is 6.14. The largest absolute Gasteiger partial charge is 0.276 e. The summed E-state index contributed by atoms with van der Waals surface area (Å²) in [5, 5.41) is 1.17. The Morgan fingerprint density at radius 1 is 1.03 bits per heavy atom. The van der Waals surface area contributed by atoms with Gasteiger partial charge < -0.3 is 0 Å². The highest BCUT2D eigenvalue weighted by atomic mass is 79.9. The summed E-state index contributed by atoms with van der Waals surface area (Å²) in [6.45, 7) is 13.1. The van der Waals surface area contributed by atoms with Gasteiger partial charge in [0, 0.05) is 16.6 Å². The fourth-order valence-corrected chi connectivity index (χ4v) is 3.94. The van der Waals surface area contributed by atoms with E-state index in [4.69, 9.17) is 0 Å². The number of rotatable bonds is 6. The molecule has 0 heterocycles. The number of nitrogens with one attached hydrogen (secondary N) is 1. The summed E-state index contributed by atoms with van der Waals surface area (Å²) < 4.78 is 0.660. The van der Waals surface area contributed by atoms with E-state index >= 15 is 0 Å². The molecule has 0 saturated carbocycles. The van der Waals surface area contributed by atoms with Crippen molar-refractivity contribution in [3.8, 4) is 0 Å². The van der Waals surface area contributed by atoms with Gasteiger partial charge in [0.2, 0.25) is 0 Å². The lowest BCUT2D eigenvalue weighted by atomic mass is 9.79. The van der Waals surface area contributed by atoms with Gasteiger partial charge in [-0.2, -0.15) is 0 Å². The molecule has 4 nitrogen and oxygen atoms in total. The van der Waals surface area contributed by atoms with Crippen molar-refractivity contribution in [2.24, 2.45) is 11.3 Å². The third-order valence-corrected chi connectivity index (χ3v) is 5.88. The van der Waals surface area contributed by atoms with Crippen LogP contribution in [-0.4, -0.2) is 23.4 Å². The third kappa shape index (κ3) is 6.00. The van der Waals surface area contributed by atoms with Crippen LogP contribution < -0.4 is 5.43 Å². The van der Waals surface area contributed by atoms with E-state index in [1.165, 1.54) is 5.01 Å². The van der Waals surface area contributed by atoms with Crippen LogP contribution in [0.15, 0.2) is 46.9 Å². The number of benzene rings is 2. The predicted molar refractivity (Wildman–Crippen MR) is 122 cm³/mol. The summed E-state index contributed by atoms with van der Waals surface area (Å²) in [6, 6.07) is 12.8. The molecule has 1 atom stereocenters. The average Bonchev–Trinajstić information content (AvgIpc) is 2.63. The number of hydrogen-bond acceptors (Lipinski definition) is 3. The molecule has 2 aromatic carbocycles. The average molecular weight is 459 g/mol. The van der Waals surface area contributed by atoms with E-state index < -0.39 is 0 Å². The summed E-state index contributed by atoms with van der Waals surface area (Å²) in [4.78, 5) is 26.7. The van der Waals surface area contributed by atoms with Gasteiger partial charge in [-0.1, -0.05) is 63.4 Å². The molecule has 0 aromatic heterocycles. The molecule has 2 amide bonds. The number of imide groups is 1. The maximum absolute atomic E-state index is 13.4. The molecule has 156 valence electrons. The van der Waals surface area contributed by atoms with Crippen LogP contribution in [0.2, 0.25) is 0 Å². The lowest BCUT2D eigenvalue weighted by molar-refractivity contribution is 0.0491. The van der Waals surface area contributed by atoms with Gasteiger partial charge in [-0.05, 0) is 65.4 Å². The second-order valence-corrected chi connectivity index (χ2v) is 9.49. The molecule has 2 aromatic rings. The Balaban J connectivity index is 2.40. The number of carbonyl (C=O) groups excluding carboxylic acids is 2. The molecular weight excluding hydrogens is 428 g/mol. The summed E-state index contributed by atoms with van der Waals surface area (Å²) in [6.07, 6.45) is 0.950. The van der Waals surface area contributed by atoms with E-state index in [0.29, 0.717) is 28.1 Å². The van der Waals surface area contributed by atoms with Gasteiger partial charge in [-0.15, -0.1) is 0 Å². The van der Waals surface area contributed by atoms with Crippen LogP contribution in [0.3, 0.4) is 0 Å². The van der Waals surface area contributed by atoms with Crippen molar-refractivity contribution in [3.05, 3.63) is 69.2 Å². The molecular formula is C24H31BrN2O2. The monoisotopic (exact) mass is 458 g/mol. The molecule has 0 spiro atoms. The highest BCUT2D eigenvalue weighted by Gasteiger charge is 2.29. The van der Waals surface area contributed by atoms with Crippen LogP contribution in [0.4, 0.5) is 0 Å². The van der Waals surface area contributed by atoms with Crippen molar-refractivity contribution < 1.29 is 9.59 Å². The van der Waals surface area contributed by atoms with Gasteiger partial charge in [0.25, 0.3) is 11.8 Å². The highest BCUT2D eigenvalue weighted by molar-refractivity contribution is 9.10. The molecule has 29 heavy (non-hydrogen) atoms. The number of aryl methyl sites for hydroxylation is 2. The van der Waals surface area contributed by atoms with Crippen LogP contribution in [0.25, 0.3) is 0 Å². The van der Waals surface area contributed by atoms with Gasteiger partial charge in [0.05, 0.1) is 5.56 Å². The van der Waals surface area contributed by atoms with Crippen LogP contribution in [0, 0.1) is 25.2 Å². The van der Waals surface area contributed by atoms with Gasteiger partial charge in [0.15, 0.2) is 0 Å². The van der Waals surface area contributed by atoms with Crippen LogP contribution in [0.1, 0.15) is 66.0 Å². The van der Waals surface area contributed by atoms with Gasteiger partial charge >= 0.3 is 0 Å². The molecule has 0 aliphatic heterocycles. The van der Waals surface area contributed by atoms with Crippen molar-refractivity contribution in [1.82, 2.24) is 10.4 Å². The molecule has 0 aliphatic carbocycles. The molecule has 0 fully saturated rings. The first-order valence-corrected chi connectivity index (χ1v) is 10.8. The Labute approximate surface area is 182 Å². The Hall–Kier alpha value is -1.98. The first-order valence-electron chi connectivity index (χ1n) is 9.99. The van der Waals surface area contributed by atoms with Gasteiger partial charge in [-0.25, -0.2) is 10.4 Å². The van der Waals surface area contributed by atoms with Crippen LogP contribution in [-0.2, 0) is 0 Å². The Bertz CT molecular complexity index is 866. The van der Waals surface area contributed by atoms with Gasteiger partial charge in [-0.3, -0.25) is 9.59 Å². The fourth-order valence-electron chi connectivity index (χ4n) is 3.48. The smallest absolute Gasteiger partial charge is 0.267 e. The number of hydrazine groups is 1. The van der Waals surface area contributed by atoms with E-state index in [9.17, 15) is 9.59 Å². The van der Waals surface area contributed by atoms with E-state index in [0.717, 1.165) is 17.5 Å². The zero-order valence-corrected chi connectivity index (χ0v) is 19.8. The van der Waals surface area contributed by atoms with Crippen molar-refractivity contribution in [2.75, 3.05) is 6.54 Å². The second-order valence-electron chi connectivity index (χ2n) is 8.64. The predicted octanol–water partition coefficient (Wildman–Crippen LogP) is 5.93. The first kappa shape index (κ1) is 23.3. The lowest BCUT2D eigenvalue weighted by Gasteiger charge is -2.32. The lowest BCUT2D eigenvalue weighted by Crippen LogP contribution is -2.50. The van der Waals surface area contributed by atoms with E-state index in [1.807, 2.05) is 38.1 Å². The molecule has 0 aliphatic rings. The van der Waals surface area contributed by atoms with Crippen LogP contribution >= 0.6 is 15.9 Å². The number of nitrogens with zero attached hydrogens (tertiary/aromatic N) is 1. The topological polar surface area (TPSA) is 49.4 Å². The SMILES string of the molecule is CC[C@@H](CNN(C(=O)c1cc(C)cc(C)c1)C(=O)c1ccccc1Br)C(C)(C)C. The van der Waals surface area contributed by atoms with E-state index in [1.54, 1.807) is 18.2 Å². The Kier molecular flexibility index (Phi) is 7.78. The number of amides is 2. The number of hydrogen-bond donors (Lipinski definition) is 1. The molecule has 1 N–H and O–H groups in total. The van der Waals surface area contributed by atoms with Crippen molar-refractivity contribution in [3.63, 3.8) is 0 Å². The second kappa shape index (κ2) is 9.68. The minimum atomic E-state index is -0.370. The van der Waals surface area contributed by atoms with Crippen molar-refractivity contribution in [1.29, 1.82) is 0 Å². The molecule has 5 heteroatoms. The zero-order valence-electron chi connectivity index (χ0n) is 18.2. The molecule has 2 rings (SSSR count). The highest BCUT2D eigenvalue weighted by Crippen LogP contribution is 2.28. The first-order chi connectivity index (χ1) is 13.5. The molecule has 0 bridgehead atoms. The Morgan fingerprint density at radius 2 is 1.62 bits per heavy atom. The summed E-state index contributed by atoms with van der Waals surface area (Å²) in [5.74, 6) is -0.407. The number of halogens is 1. The van der Waals surface area contributed by atoms with Crippen molar-refractivity contribution >= 4 is 27.7 Å². The van der Waals surface area contributed by atoms with E-state index in [-0.39, 0.29) is 17.2 Å². The maximum Gasteiger partial charge on any atom is 0.276 e. The summed E-state index contributed by atoms with van der Waals surface area (Å²) >= 11 is 3.43. The molecule has 0 radical (unpaired) electrons. The number of carbonyl (C=O) groups is 2. The Morgan fingerprint density at radius 3 is 2.14 bits per heavy atom. The minimum Gasteiger partial charge on any atom is -0.267 e. The standard InChI is InChI=1S/C24H31BrN2O2/c1-7-19(24(4,5)6)15-26-27(23(29)20-10-8-9-11-21(20)25)22(28)18-13-16(2)12-17(3)14-18/h8-14,19,26H,7,15H2,1-6H3/t19-/m0/s1. The minimum absolute atomic E-state index is 0.0623. The summed E-state index contributed by atoms with van der Waals surface area (Å²) in [7, 11) is 0. The van der Waals surface area contributed by atoms with Crippen molar-refractivity contribution in [2.45, 2.75) is 48.0 Å². The van der Waals surface area contributed by atoms with Gasteiger partial charge in [0.1, 0.15) is 0 Å². The molecule has 0 saturated heterocycles. The fraction of sp³-hybridized carbons (Fsp3) is 0.417. The maximum atomic E-state index is 13.4. The third-order valence-electron chi connectivity index (χ3n) is 5.19.